The zero-order valence-corrected chi connectivity index (χ0v) is 16.5. The number of ether oxygens (including phenoxy) is 2. The first-order chi connectivity index (χ1) is 13.7. The Balaban J connectivity index is 1.85. The van der Waals surface area contributed by atoms with Gasteiger partial charge in [-0.3, -0.25) is 4.72 Å². The third kappa shape index (κ3) is 5.43. The van der Waals surface area contributed by atoms with Crippen molar-refractivity contribution in [3.8, 4) is 17.2 Å². The van der Waals surface area contributed by atoms with Gasteiger partial charge >= 0.3 is 6.61 Å². The lowest BCUT2D eigenvalue weighted by Gasteiger charge is -2.14. The van der Waals surface area contributed by atoms with Crippen molar-refractivity contribution in [2.75, 3.05) is 4.72 Å². The zero-order valence-electron chi connectivity index (χ0n) is 14.2. The molecule has 0 amide bonds. The van der Waals surface area contributed by atoms with E-state index in [-0.39, 0.29) is 38.0 Å². The van der Waals surface area contributed by atoms with Gasteiger partial charge in [0.1, 0.15) is 5.75 Å². The number of benzene rings is 2. The maximum Gasteiger partial charge on any atom is 0.387 e. The molecule has 0 fully saturated rings. The predicted octanol–water partition coefficient (Wildman–Crippen LogP) is 4.98. The lowest BCUT2D eigenvalue weighted by atomic mass is 10.3. The Bertz CT molecular complexity index is 1120. The number of aromatic nitrogens is 2. The summed E-state index contributed by atoms with van der Waals surface area (Å²) in [6.07, 6.45) is 1.39. The number of alkyl halides is 2. The van der Waals surface area contributed by atoms with Gasteiger partial charge < -0.3 is 9.47 Å². The summed E-state index contributed by atoms with van der Waals surface area (Å²) in [6, 6.07) is 10.5. The molecule has 0 bridgehead atoms. The Hall–Kier alpha value is -2.69. The Kier molecular flexibility index (Phi) is 6.36. The quantitative estimate of drug-likeness (QED) is 0.533. The van der Waals surface area contributed by atoms with Gasteiger partial charge in [-0.25, -0.2) is 8.42 Å². The van der Waals surface area contributed by atoms with E-state index in [1.807, 2.05) is 0 Å². The highest BCUT2D eigenvalue weighted by molar-refractivity contribution is 7.92. The van der Waals surface area contributed by atoms with Crippen LogP contribution < -0.4 is 14.2 Å². The van der Waals surface area contributed by atoms with Gasteiger partial charge in [0.25, 0.3) is 10.0 Å². The number of nitrogens with one attached hydrogen (secondary N) is 1. The second-order valence-corrected chi connectivity index (χ2v) is 7.90. The Morgan fingerprint density at radius 1 is 1.00 bits per heavy atom. The maximum atomic E-state index is 12.6. The van der Waals surface area contributed by atoms with E-state index in [0.29, 0.717) is 0 Å². The van der Waals surface area contributed by atoms with Crippen LogP contribution in [0.3, 0.4) is 0 Å². The van der Waals surface area contributed by atoms with Crippen molar-refractivity contribution in [2.24, 2.45) is 0 Å². The van der Waals surface area contributed by atoms with Crippen molar-refractivity contribution in [2.45, 2.75) is 11.5 Å². The molecular weight excluding hydrogens is 451 g/mol. The third-order valence-corrected chi connectivity index (χ3v) is 5.25. The summed E-state index contributed by atoms with van der Waals surface area (Å²) in [5.41, 5.74) is 0. The van der Waals surface area contributed by atoms with Gasteiger partial charge in [-0.1, -0.05) is 23.2 Å². The second-order valence-electron chi connectivity index (χ2n) is 5.38. The first-order valence-corrected chi connectivity index (χ1v) is 10.0. The number of sulfonamides is 1. The molecule has 0 saturated heterocycles. The molecule has 0 unspecified atom stereocenters. The van der Waals surface area contributed by atoms with Crippen molar-refractivity contribution in [1.82, 2.24) is 10.2 Å². The summed E-state index contributed by atoms with van der Waals surface area (Å²) < 4.78 is 62.2. The number of nitrogens with zero attached hydrogens (tertiary/aromatic N) is 2. The summed E-state index contributed by atoms with van der Waals surface area (Å²) in [4.78, 5) is -0.166. The first-order valence-electron chi connectivity index (χ1n) is 7.77. The molecule has 1 aromatic heterocycles. The van der Waals surface area contributed by atoms with Crippen molar-refractivity contribution in [3.63, 3.8) is 0 Å². The lowest BCUT2D eigenvalue weighted by Crippen LogP contribution is -2.14. The van der Waals surface area contributed by atoms with Gasteiger partial charge in [-0.15, -0.1) is 5.10 Å². The SMILES string of the molecule is O=S(=O)(Nc1cccnn1)c1ccc(Oc2ccc(Cl)cc2OC(F)F)c(Cl)c1. The van der Waals surface area contributed by atoms with Gasteiger partial charge in [0.2, 0.25) is 0 Å². The van der Waals surface area contributed by atoms with Gasteiger partial charge in [-0.2, -0.15) is 13.9 Å². The molecule has 1 heterocycles. The fourth-order valence-corrected chi connectivity index (χ4v) is 3.62. The number of hydrogen-bond donors (Lipinski definition) is 1. The Labute approximate surface area is 174 Å². The highest BCUT2D eigenvalue weighted by Crippen LogP contribution is 2.38. The molecule has 7 nitrogen and oxygen atoms in total. The fourth-order valence-electron chi connectivity index (χ4n) is 2.16. The fraction of sp³-hybridized carbons (Fsp3) is 0.0588. The molecule has 0 aliphatic rings. The third-order valence-electron chi connectivity index (χ3n) is 3.37. The summed E-state index contributed by atoms with van der Waals surface area (Å²) in [7, 11) is -3.99. The lowest BCUT2D eigenvalue weighted by molar-refractivity contribution is -0.0510. The standard InChI is InChI=1S/C17H11Cl2F2N3O4S/c18-10-3-5-14(15(8-10)28-17(20)21)27-13-6-4-11(9-12(13)19)29(25,26)24-16-2-1-7-22-23-16/h1-9,17H,(H,23,24). The first kappa shape index (κ1) is 21.0. The molecule has 0 saturated carbocycles. The normalized spacial score (nSPS) is 11.3. The molecule has 1 N–H and O–H groups in total. The highest BCUT2D eigenvalue weighted by atomic mass is 35.5. The van der Waals surface area contributed by atoms with Crippen molar-refractivity contribution in [3.05, 3.63) is 64.8 Å². The summed E-state index contributed by atoms with van der Waals surface area (Å²) >= 11 is 11.9. The van der Waals surface area contributed by atoms with Gasteiger partial charge in [0.15, 0.2) is 17.3 Å². The maximum absolute atomic E-state index is 12.6. The van der Waals surface area contributed by atoms with E-state index in [0.717, 1.165) is 12.1 Å². The van der Waals surface area contributed by atoms with Crippen molar-refractivity contribution < 1.29 is 26.7 Å². The minimum Gasteiger partial charge on any atom is -0.452 e. The zero-order chi connectivity index (χ0) is 21.0. The monoisotopic (exact) mass is 461 g/mol. The summed E-state index contributed by atoms with van der Waals surface area (Å²) in [5, 5.41) is 7.30. The molecule has 0 atom stereocenters. The predicted molar refractivity (Wildman–Crippen MR) is 102 cm³/mol. The smallest absolute Gasteiger partial charge is 0.387 e. The van der Waals surface area contributed by atoms with Crippen LogP contribution >= 0.6 is 23.2 Å². The van der Waals surface area contributed by atoms with Crippen LogP contribution in [0.25, 0.3) is 0 Å². The molecule has 3 rings (SSSR count). The second kappa shape index (κ2) is 8.76. The van der Waals surface area contributed by atoms with Crippen molar-refractivity contribution in [1.29, 1.82) is 0 Å². The van der Waals surface area contributed by atoms with E-state index in [1.54, 1.807) is 0 Å². The van der Waals surface area contributed by atoms with Gasteiger partial charge in [0.05, 0.1) is 9.92 Å². The molecule has 12 heteroatoms. The van der Waals surface area contributed by atoms with Gasteiger partial charge in [-0.05, 0) is 42.5 Å². The number of halogens is 4. The average Bonchev–Trinajstić information content (AvgIpc) is 2.65. The van der Waals surface area contributed by atoms with Crippen LogP contribution in [0.4, 0.5) is 14.6 Å². The van der Waals surface area contributed by atoms with Crippen LogP contribution in [0.5, 0.6) is 17.2 Å². The molecule has 3 aromatic rings. The minimum atomic E-state index is -3.99. The highest BCUT2D eigenvalue weighted by Gasteiger charge is 2.19. The van der Waals surface area contributed by atoms with Crippen LogP contribution in [-0.2, 0) is 10.0 Å². The number of hydrogen-bond acceptors (Lipinski definition) is 6. The van der Waals surface area contributed by atoms with Crippen LogP contribution in [0.15, 0.2) is 59.6 Å². The number of rotatable bonds is 7. The molecule has 29 heavy (non-hydrogen) atoms. The van der Waals surface area contributed by atoms with E-state index in [2.05, 4.69) is 19.7 Å². The van der Waals surface area contributed by atoms with E-state index in [4.69, 9.17) is 27.9 Å². The molecule has 0 aliphatic heterocycles. The average molecular weight is 462 g/mol. The van der Waals surface area contributed by atoms with Crippen molar-refractivity contribution >= 4 is 39.0 Å². The van der Waals surface area contributed by atoms with Crippen LogP contribution in [-0.4, -0.2) is 25.2 Å². The van der Waals surface area contributed by atoms with Crippen LogP contribution in [0.2, 0.25) is 10.0 Å². The van der Waals surface area contributed by atoms with Gasteiger partial charge in [0, 0.05) is 17.3 Å². The molecule has 0 aliphatic carbocycles. The van der Waals surface area contributed by atoms with Crippen LogP contribution in [0.1, 0.15) is 0 Å². The minimum absolute atomic E-state index is 0.0200. The van der Waals surface area contributed by atoms with E-state index in [9.17, 15) is 17.2 Å². The van der Waals surface area contributed by atoms with E-state index in [1.165, 1.54) is 42.6 Å². The summed E-state index contributed by atoms with van der Waals surface area (Å²) in [6.45, 7) is -3.09. The molecule has 2 aromatic carbocycles. The Morgan fingerprint density at radius 2 is 1.76 bits per heavy atom. The molecular formula is C17H11Cl2F2N3O4S. The van der Waals surface area contributed by atoms with Crippen LogP contribution in [0, 0.1) is 0 Å². The molecule has 152 valence electrons. The topological polar surface area (TPSA) is 90.4 Å². The Morgan fingerprint density at radius 3 is 2.41 bits per heavy atom. The molecule has 0 spiro atoms. The summed E-state index contributed by atoms with van der Waals surface area (Å²) in [5.74, 6) is -0.333. The largest absolute Gasteiger partial charge is 0.452 e. The van der Waals surface area contributed by atoms with E-state index >= 15 is 0 Å². The van der Waals surface area contributed by atoms with E-state index < -0.39 is 16.6 Å². The number of anilines is 1. The molecule has 0 radical (unpaired) electrons.